The average Bonchev–Trinajstić information content (AvgIpc) is 2.74. The van der Waals surface area contributed by atoms with Gasteiger partial charge in [0.15, 0.2) is 0 Å². The van der Waals surface area contributed by atoms with Crippen molar-refractivity contribution >= 4 is 17.2 Å². The second kappa shape index (κ2) is 5.43. The van der Waals surface area contributed by atoms with Crippen molar-refractivity contribution in [3.63, 3.8) is 0 Å². The highest BCUT2D eigenvalue weighted by atomic mass is 32.1. The van der Waals surface area contributed by atoms with Crippen LogP contribution in [0.25, 0.3) is 0 Å². The van der Waals surface area contributed by atoms with Gasteiger partial charge in [-0.3, -0.25) is 4.79 Å². The first-order valence-corrected chi connectivity index (χ1v) is 6.24. The van der Waals surface area contributed by atoms with E-state index in [2.05, 4.69) is 10.6 Å². The van der Waals surface area contributed by atoms with Crippen LogP contribution in [0, 0.1) is 6.92 Å². The smallest absolute Gasteiger partial charge is 0.261 e. The van der Waals surface area contributed by atoms with Crippen LogP contribution in [0.5, 0.6) is 0 Å². The lowest BCUT2D eigenvalue weighted by atomic mass is 10.3. The number of morpholine rings is 1. The largest absolute Gasteiger partial charge is 0.374 e. The highest BCUT2D eigenvalue weighted by molar-refractivity contribution is 7.13. The molecule has 0 bridgehead atoms. The Morgan fingerprint density at radius 3 is 3.19 bits per heavy atom. The molecule has 1 amide bonds. The number of hydrogen-bond donors (Lipinski definition) is 2. The van der Waals surface area contributed by atoms with Crippen molar-refractivity contribution in [2.24, 2.45) is 0 Å². The fourth-order valence-electron chi connectivity index (χ4n) is 1.60. The second-order valence-corrected chi connectivity index (χ2v) is 5.11. The Bertz CT molecular complexity index is 359. The van der Waals surface area contributed by atoms with Crippen molar-refractivity contribution in [1.29, 1.82) is 0 Å². The van der Waals surface area contributed by atoms with E-state index < -0.39 is 0 Å². The van der Waals surface area contributed by atoms with Gasteiger partial charge in [-0.05, 0) is 19.1 Å². The molecule has 2 heterocycles. The maximum Gasteiger partial charge on any atom is 0.261 e. The second-order valence-electron chi connectivity index (χ2n) is 3.82. The number of hydrogen-bond acceptors (Lipinski definition) is 4. The summed E-state index contributed by atoms with van der Waals surface area (Å²) in [6.07, 6.45) is 0.0961. The van der Waals surface area contributed by atoms with Gasteiger partial charge in [0.2, 0.25) is 0 Å². The summed E-state index contributed by atoms with van der Waals surface area (Å²) in [4.78, 5) is 13.6. The highest BCUT2D eigenvalue weighted by Crippen LogP contribution is 2.14. The Balaban J connectivity index is 1.79. The maximum atomic E-state index is 11.7. The molecule has 1 saturated heterocycles. The number of thiophene rings is 1. The predicted molar refractivity (Wildman–Crippen MR) is 64.0 cm³/mol. The van der Waals surface area contributed by atoms with E-state index in [4.69, 9.17) is 4.74 Å². The SMILES string of the molecule is Cc1ccc(C(=O)NCC2CNCCO2)s1. The Morgan fingerprint density at radius 1 is 1.69 bits per heavy atom. The zero-order valence-corrected chi connectivity index (χ0v) is 10.1. The Kier molecular flexibility index (Phi) is 3.93. The molecule has 1 unspecified atom stereocenters. The van der Waals surface area contributed by atoms with E-state index >= 15 is 0 Å². The normalized spacial score (nSPS) is 20.7. The first kappa shape index (κ1) is 11.6. The van der Waals surface area contributed by atoms with Gasteiger partial charge >= 0.3 is 0 Å². The van der Waals surface area contributed by atoms with E-state index in [9.17, 15) is 4.79 Å². The zero-order chi connectivity index (χ0) is 11.4. The van der Waals surface area contributed by atoms with Crippen LogP contribution in [0.3, 0.4) is 0 Å². The standard InChI is InChI=1S/C11H16N2O2S/c1-8-2-3-10(16-8)11(14)13-7-9-6-12-4-5-15-9/h2-3,9,12H,4-7H2,1H3,(H,13,14). The molecule has 1 aliphatic heterocycles. The number of carbonyl (C=O) groups excluding carboxylic acids is 1. The summed E-state index contributed by atoms with van der Waals surface area (Å²) in [7, 11) is 0. The number of ether oxygens (including phenoxy) is 1. The van der Waals surface area contributed by atoms with Crippen LogP contribution in [0.15, 0.2) is 12.1 Å². The van der Waals surface area contributed by atoms with Crippen molar-refractivity contribution in [3.8, 4) is 0 Å². The van der Waals surface area contributed by atoms with Gasteiger partial charge in [0.05, 0.1) is 17.6 Å². The molecule has 1 fully saturated rings. The van der Waals surface area contributed by atoms with Crippen molar-refractivity contribution < 1.29 is 9.53 Å². The van der Waals surface area contributed by atoms with Gasteiger partial charge < -0.3 is 15.4 Å². The van der Waals surface area contributed by atoms with Gasteiger partial charge in [-0.2, -0.15) is 0 Å². The molecule has 5 heteroatoms. The van der Waals surface area contributed by atoms with Crippen molar-refractivity contribution in [1.82, 2.24) is 10.6 Å². The summed E-state index contributed by atoms with van der Waals surface area (Å²) < 4.78 is 5.50. The number of carbonyl (C=O) groups is 1. The Morgan fingerprint density at radius 2 is 2.56 bits per heavy atom. The number of aryl methyl sites for hydroxylation is 1. The first-order chi connectivity index (χ1) is 7.75. The number of rotatable bonds is 3. The zero-order valence-electron chi connectivity index (χ0n) is 9.29. The van der Waals surface area contributed by atoms with Gasteiger partial charge in [0, 0.05) is 24.5 Å². The van der Waals surface area contributed by atoms with Gasteiger partial charge in [-0.1, -0.05) is 0 Å². The third-order valence-electron chi connectivity index (χ3n) is 2.46. The summed E-state index contributed by atoms with van der Waals surface area (Å²) in [6, 6.07) is 3.81. The van der Waals surface area contributed by atoms with Crippen LogP contribution < -0.4 is 10.6 Å². The lowest BCUT2D eigenvalue weighted by Gasteiger charge is -2.23. The Labute approximate surface area is 99.0 Å². The van der Waals surface area contributed by atoms with Crippen LogP contribution in [-0.4, -0.2) is 38.3 Å². The average molecular weight is 240 g/mol. The van der Waals surface area contributed by atoms with Gasteiger partial charge in [0.1, 0.15) is 0 Å². The molecule has 2 rings (SSSR count). The van der Waals surface area contributed by atoms with E-state index in [1.165, 1.54) is 11.3 Å². The number of amides is 1. The molecule has 1 aliphatic rings. The van der Waals surface area contributed by atoms with Crippen LogP contribution in [-0.2, 0) is 4.74 Å². The fourth-order valence-corrected chi connectivity index (χ4v) is 2.38. The molecule has 0 radical (unpaired) electrons. The maximum absolute atomic E-state index is 11.7. The van der Waals surface area contributed by atoms with Gasteiger partial charge in [-0.15, -0.1) is 11.3 Å². The summed E-state index contributed by atoms with van der Waals surface area (Å²) in [5.74, 6) is -0.00715. The minimum Gasteiger partial charge on any atom is -0.374 e. The van der Waals surface area contributed by atoms with Crippen molar-refractivity contribution in [2.45, 2.75) is 13.0 Å². The third kappa shape index (κ3) is 3.04. The van der Waals surface area contributed by atoms with E-state index in [-0.39, 0.29) is 12.0 Å². The van der Waals surface area contributed by atoms with E-state index in [0.29, 0.717) is 6.54 Å². The van der Waals surface area contributed by atoms with Gasteiger partial charge in [0.25, 0.3) is 5.91 Å². The monoisotopic (exact) mass is 240 g/mol. The van der Waals surface area contributed by atoms with Crippen molar-refractivity contribution in [3.05, 3.63) is 21.9 Å². The van der Waals surface area contributed by atoms with E-state index in [0.717, 1.165) is 29.5 Å². The molecule has 0 aliphatic carbocycles. The van der Waals surface area contributed by atoms with E-state index in [1.54, 1.807) is 0 Å². The highest BCUT2D eigenvalue weighted by Gasteiger charge is 2.15. The topological polar surface area (TPSA) is 50.4 Å². The summed E-state index contributed by atoms with van der Waals surface area (Å²) in [5.41, 5.74) is 0. The van der Waals surface area contributed by atoms with Gasteiger partial charge in [-0.25, -0.2) is 0 Å². The quantitative estimate of drug-likeness (QED) is 0.820. The fraction of sp³-hybridized carbons (Fsp3) is 0.545. The molecule has 16 heavy (non-hydrogen) atoms. The lowest BCUT2D eigenvalue weighted by Crippen LogP contribution is -2.45. The molecule has 2 N–H and O–H groups in total. The molecular weight excluding hydrogens is 224 g/mol. The molecule has 0 aromatic carbocycles. The molecule has 0 spiro atoms. The first-order valence-electron chi connectivity index (χ1n) is 5.42. The van der Waals surface area contributed by atoms with E-state index in [1.807, 2.05) is 19.1 Å². The molecule has 4 nitrogen and oxygen atoms in total. The molecular formula is C11H16N2O2S. The summed E-state index contributed by atoms with van der Waals surface area (Å²) >= 11 is 1.51. The van der Waals surface area contributed by atoms with Crippen molar-refractivity contribution in [2.75, 3.05) is 26.2 Å². The minimum atomic E-state index is -0.00715. The third-order valence-corrected chi connectivity index (χ3v) is 3.46. The lowest BCUT2D eigenvalue weighted by molar-refractivity contribution is 0.0287. The molecule has 88 valence electrons. The summed E-state index contributed by atoms with van der Waals surface area (Å²) in [6.45, 7) is 5.00. The minimum absolute atomic E-state index is 0.00715. The molecule has 0 saturated carbocycles. The number of nitrogens with one attached hydrogen (secondary N) is 2. The van der Waals surface area contributed by atoms with Crippen LogP contribution in [0.2, 0.25) is 0 Å². The molecule has 1 aromatic heterocycles. The summed E-state index contributed by atoms with van der Waals surface area (Å²) in [5, 5.41) is 6.12. The van der Waals surface area contributed by atoms with Crippen LogP contribution in [0.1, 0.15) is 14.5 Å². The molecule has 1 aromatic rings. The van der Waals surface area contributed by atoms with Crippen LogP contribution in [0.4, 0.5) is 0 Å². The predicted octanol–water partition coefficient (Wildman–Crippen LogP) is 0.775. The Hall–Kier alpha value is -0.910. The molecule has 1 atom stereocenters. The van der Waals surface area contributed by atoms with Crippen LogP contribution >= 0.6 is 11.3 Å².